The van der Waals surface area contributed by atoms with E-state index in [4.69, 9.17) is 19.6 Å². The molecule has 0 aliphatic carbocycles. The Kier molecular flexibility index (Phi) is 7.79. The van der Waals surface area contributed by atoms with Crippen molar-refractivity contribution < 1.29 is 27.4 Å². The van der Waals surface area contributed by atoms with Crippen LogP contribution in [0.5, 0.6) is 17.2 Å². The maximum atomic E-state index is 12.5. The highest BCUT2D eigenvalue weighted by Gasteiger charge is 2.41. The van der Waals surface area contributed by atoms with Crippen molar-refractivity contribution in [1.82, 2.24) is 4.90 Å². The van der Waals surface area contributed by atoms with E-state index in [-0.39, 0.29) is 21.7 Å². The summed E-state index contributed by atoms with van der Waals surface area (Å²) in [5.74, 6) is 0.908. The van der Waals surface area contributed by atoms with E-state index >= 15 is 0 Å². The molecule has 0 aromatic heterocycles. The lowest BCUT2D eigenvalue weighted by molar-refractivity contribution is -0.114. The van der Waals surface area contributed by atoms with E-state index in [2.05, 4.69) is 16.0 Å². The predicted molar refractivity (Wildman–Crippen MR) is 144 cm³/mol. The molecule has 37 heavy (non-hydrogen) atoms. The Morgan fingerprint density at radius 2 is 1.84 bits per heavy atom. The number of nitrogens with one attached hydrogen (secondary N) is 1. The number of nitrogens with zero attached hydrogens (tertiary/aromatic N) is 3. The standard InChI is InChI=1S/C25H24N4O6S2/c1-4-5-16-8-11-20(21(15-16)33-2)35-13-12-34-18-9-6-17(7-10-18)14-19-22(26)29-24(27-23(19)30)36-28-25(29)37(3,31)32/h4,6-11,14-15,26H,1,5,12-13H2,2-3H3/b19-14-,26-22?. The zero-order valence-corrected chi connectivity index (χ0v) is 21.8. The van der Waals surface area contributed by atoms with Crippen LogP contribution >= 0.6 is 11.9 Å². The van der Waals surface area contributed by atoms with Gasteiger partial charge in [-0.3, -0.25) is 10.2 Å². The first-order valence-corrected chi connectivity index (χ1v) is 13.7. The molecule has 1 N–H and O–H groups in total. The van der Waals surface area contributed by atoms with Gasteiger partial charge in [-0.05, 0) is 47.9 Å². The van der Waals surface area contributed by atoms with Crippen LogP contribution in [0, 0.1) is 5.41 Å². The van der Waals surface area contributed by atoms with E-state index in [0.717, 1.165) is 35.1 Å². The third-order valence-electron chi connectivity index (χ3n) is 5.23. The molecule has 2 heterocycles. The summed E-state index contributed by atoms with van der Waals surface area (Å²) in [7, 11) is -2.12. The van der Waals surface area contributed by atoms with Gasteiger partial charge in [0.25, 0.3) is 5.91 Å². The Morgan fingerprint density at radius 3 is 2.51 bits per heavy atom. The molecule has 0 radical (unpaired) electrons. The van der Waals surface area contributed by atoms with Crippen molar-refractivity contribution in [2.45, 2.75) is 6.42 Å². The van der Waals surface area contributed by atoms with Gasteiger partial charge in [-0.15, -0.1) is 6.58 Å². The fourth-order valence-electron chi connectivity index (χ4n) is 3.50. The lowest BCUT2D eigenvalue weighted by Gasteiger charge is -2.23. The number of methoxy groups -OCH3 is 1. The van der Waals surface area contributed by atoms with Gasteiger partial charge in [-0.25, -0.2) is 13.3 Å². The normalized spacial score (nSPS) is 16.3. The zero-order valence-electron chi connectivity index (χ0n) is 20.1. The fraction of sp³-hybridized carbons (Fsp3) is 0.200. The molecule has 0 spiro atoms. The molecule has 0 unspecified atom stereocenters. The van der Waals surface area contributed by atoms with Gasteiger partial charge in [-0.1, -0.05) is 24.3 Å². The van der Waals surface area contributed by atoms with Gasteiger partial charge in [0.1, 0.15) is 24.8 Å². The molecule has 192 valence electrons. The number of ether oxygens (including phenoxy) is 3. The van der Waals surface area contributed by atoms with Crippen molar-refractivity contribution >= 4 is 49.9 Å². The maximum absolute atomic E-state index is 12.5. The van der Waals surface area contributed by atoms with Crippen LogP contribution in [-0.4, -0.2) is 62.0 Å². The summed E-state index contributed by atoms with van der Waals surface area (Å²) >= 11 is 0.750. The number of sulfone groups is 1. The summed E-state index contributed by atoms with van der Waals surface area (Å²) in [6.07, 6.45) is 5.02. The molecule has 4 rings (SSSR count). The van der Waals surface area contributed by atoms with E-state index in [0.29, 0.717) is 36.0 Å². The maximum Gasteiger partial charge on any atom is 0.283 e. The number of fused-ring (bicyclic) bond motifs is 1. The zero-order chi connectivity index (χ0) is 26.6. The van der Waals surface area contributed by atoms with Crippen LogP contribution in [0.2, 0.25) is 0 Å². The summed E-state index contributed by atoms with van der Waals surface area (Å²) in [4.78, 5) is 17.4. The van der Waals surface area contributed by atoms with E-state index in [1.165, 1.54) is 6.08 Å². The smallest absolute Gasteiger partial charge is 0.283 e. The molecular weight excluding hydrogens is 516 g/mol. The quantitative estimate of drug-likeness (QED) is 0.221. The number of aliphatic imine (C=N–C) groups is 1. The van der Waals surface area contributed by atoms with Crippen LogP contribution in [0.4, 0.5) is 0 Å². The first-order valence-electron chi connectivity index (χ1n) is 11.0. The monoisotopic (exact) mass is 540 g/mol. The van der Waals surface area contributed by atoms with E-state index in [9.17, 15) is 13.2 Å². The summed E-state index contributed by atoms with van der Waals surface area (Å²) in [6, 6.07) is 12.6. The van der Waals surface area contributed by atoms with Crippen LogP contribution in [0.25, 0.3) is 6.08 Å². The van der Waals surface area contributed by atoms with Gasteiger partial charge in [0, 0.05) is 6.26 Å². The summed E-state index contributed by atoms with van der Waals surface area (Å²) in [6.45, 7) is 4.33. The summed E-state index contributed by atoms with van der Waals surface area (Å²) in [5, 5.41) is 8.12. The Balaban J connectivity index is 1.37. The van der Waals surface area contributed by atoms with Crippen molar-refractivity contribution in [2.75, 3.05) is 26.6 Å². The molecule has 2 aliphatic rings. The highest BCUT2D eigenvalue weighted by atomic mass is 32.2. The van der Waals surface area contributed by atoms with Gasteiger partial charge >= 0.3 is 0 Å². The lowest BCUT2D eigenvalue weighted by atomic mass is 10.1. The molecule has 0 saturated carbocycles. The first-order chi connectivity index (χ1) is 17.7. The molecule has 10 nitrogen and oxygen atoms in total. The third-order valence-corrected chi connectivity index (χ3v) is 6.99. The topological polar surface area (TPSA) is 131 Å². The van der Waals surface area contributed by atoms with Crippen molar-refractivity contribution in [2.24, 2.45) is 9.39 Å². The molecule has 0 saturated heterocycles. The number of amides is 1. The minimum atomic E-state index is -3.71. The van der Waals surface area contributed by atoms with Gasteiger partial charge in [0.15, 0.2) is 11.5 Å². The Bertz CT molecular complexity index is 1450. The fourth-order valence-corrected chi connectivity index (χ4v) is 5.35. The van der Waals surface area contributed by atoms with Crippen molar-refractivity contribution in [3.8, 4) is 17.2 Å². The number of rotatable bonds is 9. The van der Waals surface area contributed by atoms with Crippen molar-refractivity contribution in [3.63, 3.8) is 0 Å². The number of benzene rings is 2. The Morgan fingerprint density at radius 1 is 1.11 bits per heavy atom. The van der Waals surface area contributed by atoms with Crippen LogP contribution in [0.15, 0.2) is 70.1 Å². The molecule has 0 atom stereocenters. The first kappa shape index (κ1) is 26.2. The van der Waals surface area contributed by atoms with Gasteiger partial charge < -0.3 is 14.2 Å². The van der Waals surface area contributed by atoms with Crippen LogP contribution in [0.3, 0.4) is 0 Å². The number of amidine groups is 3. The Hall–Kier alpha value is -3.90. The molecule has 2 aliphatic heterocycles. The molecule has 0 fully saturated rings. The van der Waals surface area contributed by atoms with E-state index < -0.39 is 15.7 Å². The lowest BCUT2D eigenvalue weighted by Crippen LogP contribution is -2.45. The molecule has 0 bridgehead atoms. The highest BCUT2D eigenvalue weighted by Crippen LogP contribution is 2.30. The van der Waals surface area contributed by atoms with E-state index in [1.54, 1.807) is 31.4 Å². The minimum Gasteiger partial charge on any atom is -0.493 e. The average molecular weight is 541 g/mol. The van der Waals surface area contributed by atoms with Crippen LogP contribution in [0.1, 0.15) is 11.1 Å². The second-order valence-electron chi connectivity index (χ2n) is 7.92. The predicted octanol–water partition coefficient (Wildman–Crippen LogP) is 3.50. The number of carbonyl (C=O) groups excluding carboxylic acids is 1. The molecule has 2 aromatic carbocycles. The largest absolute Gasteiger partial charge is 0.493 e. The van der Waals surface area contributed by atoms with Crippen molar-refractivity contribution in [3.05, 3.63) is 71.8 Å². The third kappa shape index (κ3) is 5.92. The molecule has 1 amide bonds. The van der Waals surface area contributed by atoms with E-state index in [1.807, 2.05) is 24.3 Å². The summed E-state index contributed by atoms with van der Waals surface area (Å²) in [5.41, 5.74) is 1.65. The average Bonchev–Trinajstić information content (AvgIpc) is 3.30. The van der Waals surface area contributed by atoms with Crippen LogP contribution in [-0.2, 0) is 21.1 Å². The second kappa shape index (κ2) is 11.0. The summed E-state index contributed by atoms with van der Waals surface area (Å²) < 4.78 is 44.8. The highest BCUT2D eigenvalue weighted by molar-refractivity contribution is 8.16. The molecule has 2 aromatic rings. The van der Waals surface area contributed by atoms with Gasteiger partial charge in [-0.2, -0.15) is 9.39 Å². The van der Waals surface area contributed by atoms with Gasteiger partial charge in [0.05, 0.1) is 24.6 Å². The number of carbonyl (C=O) groups is 1. The number of hydrogen-bond acceptors (Lipinski definition) is 9. The number of hydrogen-bond donors (Lipinski definition) is 1. The molecular formula is C25H24N4O6S2. The van der Waals surface area contributed by atoms with Crippen molar-refractivity contribution in [1.29, 1.82) is 5.41 Å². The number of allylic oxidation sites excluding steroid dienone is 1. The van der Waals surface area contributed by atoms with Gasteiger partial charge in [0.2, 0.25) is 20.2 Å². The van der Waals surface area contributed by atoms with Crippen LogP contribution < -0.4 is 14.2 Å². The molecule has 12 heteroatoms. The Labute approximate surface area is 218 Å². The SMILES string of the molecule is C=CCc1ccc(OCCOc2ccc(/C=C3/C(=N)N4C(=NC3=O)SN=C4S(C)(=O)=O)cc2)c(OC)c1. The minimum absolute atomic E-state index is 0.0438. The second-order valence-corrected chi connectivity index (χ2v) is 10.6.